The number of aryl methyl sites for hydroxylation is 1. The van der Waals surface area contributed by atoms with E-state index < -0.39 is 6.10 Å². The highest BCUT2D eigenvalue weighted by Crippen LogP contribution is 2.39. The van der Waals surface area contributed by atoms with E-state index in [4.69, 9.17) is 18.9 Å². The number of aromatic nitrogens is 1. The van der Waals surface area contributed by atoms with Crippen LogP contribution >= 0.6 is 22.7 Å². The largest absolute Gasteiger partial charge is 0.490 e. The van der Waals surface area contributed by atoms with Crippen LogP contribution in [0.2, 0.25) is 0 Å². The summed E-state index contributed by atoms with van der Waals surface area (Å²) in [6.45, 7) is 2.99. The van der Waals surface area contributed by atoms with Gasteiger partial charge in [0.15, 0.2) is 11.5 Å². The highest BCUT2D eigenvalue weighted by atomic mass is 32.1. The molecule has 1 aliphatic rings. The Labute approximate surface area is 175 Å². The SMILES string of the molecule is Cc1nc2c(cc(OC[C@@H](O)COCc3ccc4c(c3)OCO4)c3ccsc32)s1. The van der Waals surface area contributed by atoms with Gasteiger partial charge >= 0.3 is 0 Å². The molecule has 0 unspecified atom stereocenters. The molecular formula is C21H19NO5S2. The minimum atomic E-state index is -0.725. The van der Waals surface area contributed by atoms with Gasteiger partial charge in [0, 0.05) is 11.5 Å². The minimum Gasteiger partial charge on any atom is -0.490 e. The molecular weight excluding hydrogens is 410 g/mol. The molecule has 0 radical (unpaired) electrons. The number of hydrogen-bond donors (Lipinski definition) is 1. The van der Waals surface area contributed by atoms with Gasteiger partial charge < -0.3 is 24.1 Å². The van der Waals surface area contributed by atoms with Gasteiger partial charge in [-0.25, -0.2) is 4.98 Å². The lowest BCUT2D eigenvalue weighted by Crippen LogP contribution is -2.23. The van der Waals surface area contributed by atoms with E-state index >= 15 is 0 Å². The molecule has 2 aromatic heterocycles. The molecule has 2 aromatic carbocycles. The van der Waals surface area contributed by atoms with Crippen LogP contribution in [0, 0.1) is 6.92 Å². The van der Waals surface area contributed by atoms with Gasteiger partial charge in [-0.1, -0.05) is 6.07 Å². The Balaban J connectivity index is 1.19. The summed E-state index contributed by atoms with van der Waals surface area (Å²) in [4.78, 5) is 4.63. The molecule has 0 amide bonds. The van der Waals surface area contributed by atoms with Crippen molar-refractivity contribution in [2.24, 2.45) is 0 Å². The first-order valence-corrected chi connectivity index (χ1v) is 10.9. The maximum Gasteiger partial charge on any atom is 0.231 e. The first-order valence-electron chi connectivity index (χ1n) is 9.22. The van der Waals surface area contributed by atoms with Gasteiger partial charge in [0.2, 0.25) is 6.79 Å². The monoisotopic (exact) mass is 429 g/mol. The van der Waals surface area contributed by atoms with Crippen LogP contribution in [-0.2, 0) is 11.3 Å². The molecule has 5 rings (SSSR count). The van der Waals surface area contributed by atoms with E-state index in [9.17, 15) is 5.11 Å². The average molecular weight is 430 g/mol. The fraction of sp³-hybridized carbons (Fsp3) is 0.286. The van der Waals surface area contributed by atoms with Crippen LogP contribution in [0.4, 0.5) is 0 Å². The number of fused-ring (bicyclic) bond motifs is 4. The topological polar surface area (TPSA) is 70.0 Å². The normalized spacial score (nSPS) is 14.0. The summed E-state index contributed by atoms with van der Waals surface area (Å²) in [7, 11) is 0. The molecule has 0 aliphatic carbocycles. The van der Waals surface area contributed by atoms with Crippen molar-refractivity contribution in [2.75, 3.05) is 20.0 Å². The van der Waals surface area contributed by atoms with E-state index in [-0.39, 0.29) is 20.0 Å². The van der Waals surface area contributed by atoms with Crippen molar-refractivity contribution in [3.63, 3.8) is 0 Å². The Hall–Kier alpha value is -2.39. The highest BCUT2D eigenvalue weighted by Gasteiger charge is 2.15. The second-order valence-corrected chi connectivity index (χ2v) is 8.94. The lowest BCUT2D eigenvalue weighted by molar-refractivity contribution is 0.00576. The zero-order chi connectivity index (χ0) is 19.8. The van der Waals surface area contributed by atoms with E-state index in [1.165, 1.54) is 0 Å². The highest BCUT2D eigenvalue weighted by molar-refractivity contribution is 7.21. The smallest absolute Gasteiger partial charge is 0.231 e. The van der Waals surface area contributed by atoms with Gasteiger partial charge in [-0.05, 0) is 36.1 Å². The Morgan fingerprint density at radius 1 is 1.17 bits per heavy atom. The van der Waals surface area contributed by atoms with Gasteiger partial charge in [-0.15, -0.1) is 22.7 Å². The first kappa shape index (κ1) is 18.6. The predicted molar refractivity (Wildman–Crippen MR) is 113 cm³/mol. The molecule has 6 nitrogen and oxygen atoms in total. The molecule has 150 valence electrons. The van der Waals surface area contributed by atoms with Crippen molar-refractivity contribution in [3.05, 3.63) is 46.3 Å². The third-order valence-corrected chi connectivity index (χ3v) is 6.45. The predicted octanol–water partition coefficient (Wildman–Crippen LogP) is 4.50. The average Bonchev–Trinajstić information content (AvgIpc) is 3.44. The molecule has 3 heterocycles. The number of thiophene rings is 1. The van der Waals surface area contributed by atoms with Crippen LogP contribution in [0.1, 0.15) is 10.6 Å². The van der Waals surface area contributed by atoms with Crippen molar-refractivity contribution in [3.8, 4) is 17.2 Å². The van der Waals surface area contributed by atoms with Crippen LogP contribution < -0.4 is 14.2 Å². The number of benzene rings is 2. The molecule has 0 spiro atoms. The van der Waals surface area contributed by atoms with Crippen LogP contribution in [-0.4, -0.2) is 36.2 Å². The number of aliphatic hydroxyl groups is 1. The molecule has 4 aromatic rings. The lowest BCUT2D eigenvalue weighted by Gasteiger charge is -2.14. The maximum atomic E-state index is 10.3. The summed E-state index contributed by atoms with van der Waals surface area (Å²) in [6, 6.07) is 9.73. The van der Waals surface area contributed by atoms with E-state index in [2.05, 4.69) is 4.98 Å². The van der Waals surface area contributed by atoms with E-state index in [1.807, 2.05) is 42.6 Å². The maximum absolute atomic E-state index is 10.3. The third kappa shape index (κ3) is 3.76. The Bertz CT molecular complexity index is 1170. The quantitative estimate of drug-likeness (QED) is 0.466. The number of rotatable bonds is 7. The summed E-state index contributed by atoms with van der Waals surface area (Å²) in [6.07, 6.45) is -0.725. The lowest BCUT2D eigenvalue weighted by atomic mass is 10.2. The molecule has 29 heavy (non-hydrogen) atoms. The van der Waals surface area contributed by atoms with Gasteiger partial charge in [0.1, 0.15) is 18.5 Å². The Morgan fingerprint density at radius 3 is 3.00 bits per heavy atom. The molecule has 8 heteroatoms. The fourth-order valence-electron chi connectivity index (χ4n) is 3.28. The van der Waals surface area contributed by atoms with Crippen molar-refractivity contribution < 1.29 is 24.1 Å². The summed E-state index contributed by atoms with van der Waals surface area (Å²) in [5, 5.41) is 14.4. The zero-order valence-electron chi connectivity index (χ0n) is 15.7. The molecule has 1 aliphatic heterocycles. The van der Waals surface area contributed by atoms with Crippen LogP contribution in [0.5, 0.6) is 17.2 Å². The van der Waals surface area contributed by atoms with Crippen molar-refractivity contribution >= 4 is 43.0 Å². The van der Waals surface area contributed by atoms with Crippen molar-refractivity contribution in [2.45, 2.75) is 19.6 Å². The van der Waals surface area contributed by atoms with Gasteiger partial charge in [-0.3, -0.25) is 0 Å². The number of nitrogens with zero attached hydrogens (tertiary/aromatic N) is 1. The third-order valence-electron chi connectivity index (χ3n) is 4.62. The first-order chi connectivity index (χ1) is 14.2. The number of aliphatic hydroxyl groups excluding tert-OH is 1. The van der Waals surface area contributed by atoms with Crippen LogP contribution in [0.25, 0.3) is 20.3 Å². The van der Waals surface area contributed by atoms with Crippen molar-refractivity contribution in [1.82, 2.24) is 4.98 Å². The molecule has 0 fully saturated rings. The van der Waals surface area contributed by atoms with Crippen molar-refractivity contribution in [1.29, 1.82) is 0 Å². The van der Waals surface area contributed by atoms with Crippen LogP contribution in [0.15, 0.2) is 35.7 Å². The van der Waals surface area contributed by atoms with E-state index in [0.29, 0.717) is 6.61 Å². The molecule has 0 saturated heterocycles. The van der Waals surface area contributed by atoms with Crippen LogP contribution in [0.3, 0.4) is 0 Å². The second-order valence-electron chi connectivity index (χ2n) is 6.79. The standard InChI is InChI=1S/C21H19NO5S2/c1-12-22-20-19(29-12)7-17(15-4-5-28-21(15)20)25-10-14(23)9-24-8-13-2-3-16-18(6-13)27-11-26-16/h2-7,14,23H,8-11H2,1H3/t14-/m0/s1. The van der Waals surface area contributed by atoms with Gasteiger partial charge in [0.25, 0.3) is 0 Å². The summed E-state index contributed by atoms with van der Waals surface area (Å²) in [5.41, 5.74) is 1.99. The molecule has 0 bridgehead atoms. The number of thiazole rings is 1. The van der Waals surface area contributed by atoms with Gasteiger partial charge in [-0.2, -0.15) is 0 Å². The number of ether oxygens (including phenoxy) is 4. The molecule has 1 N–H and O–H groups in total. The summed E-state index contributed by atoms with van der Waals surface area (Å²) >= 11 is 3.30. The van der Waals surface area contributed by atoms with Gasteiger partial charge in [0.05, 0.1) is 33.1 Å². The molecule has 0 saturated carbocycles. The second kappa shape index (κ2) is 7.79. The minimum absolute atomic E-state index is 0.162. The molecule has 1 atom stereocenters. The summed E-state index contributed by atoms with van der Waals surface area (Å²) in [5.74, 6) is 2.24. The zero-order valence-corrected chi connectivity index (χ0v) is 17.3. The Kier molecular flexibility index (Phi) is 5.01. The van der Waals surface area contributed by atoms with E-state index in [0.717, 1.165) is 48.1 Å². The fourth-order valence-corrected chi connectivity index (χ4v) is 5.12. The summed E-state index contributed by atoms with van der Waals surface area (Å²) < 4.78 is 24.5. The number of hydrogen-bond acceptors (Lipinski definition) is 8. The van der Waals surface area contributed by atoms with E-state index in [1.54, 1.807) is 22.7 Å². The Morgan fingerprint density at radius 2 is 2.07 bits per heavy atom.